The smallest absolute Gasteiger partial charge is 0.389 e. The van der Waals surface area contributed by atoms with Crippen molar-refractivity contribution in [2.45, 2.75) is 122 Å². The van der Waals surface area contributed by atoms with Crippen LogP contribution in [0.25, 0.3) is 0 Å². The number of benzene rings is 1. The third kappa shape index (κ3) is 4.78. The third-order valence-electron chi connectivity index (χ3n) is 10.6. The number of hydrogen-bond donors (Lipinski definition) is 1. The molecular weight excluding hydrogens is 494 g/mol. The molecule has 3 fully saturated rings. The van der Waals surface area contributed by atoms with Crippen LogP contribution in [0.4, 0.5) is 4.79 Å². The first kappa shape index (κ1) is 26.2. The molecule has 3 saturated carbocycles. The average Bonchev–Trinajstić information content (AvgIpc) is 3.45. The fraction of sp³-hybridized carbons (Fsp3) is 0.688. The largest absolute Gasteiger partial charge is 0.414 e. The molecule has 1 N–H and O–H groups in total. The highest BCUT2D eigenvalue weighted by atomic mass is 35.5. The number of aromatic nitrogens is 2. The number of hydrogen-bond acceptors (Lipinski definition) is 3. The number of nitrogens with zero attached hydrogens (tertiary/aromatic N) is 2. The van der Waals surface area contributed by atoms with E-state index in [-0.39, 0.29) is 23.0 Å². The number of halogens is 1. The number of fused-ring (bicyclic) bond motifs is 3. The van der Waals surface area contributed by atoms with Crippen molar-refractivity contribution in [2.75, 3.05) is 0 Å². The molecule has 6 heteroatoms. The molecule has 1 heterocycles. The summed E-state index contributed by atoms with van der Waals surface area (Å²) in [7, 11) is 0. The van der Waals surface area contributed by atoms with Crippen LogP contribution in [0.15, 0.2) is 24.3 Å². The minimum atomic E-state index is -0.330. The Bertz CT molecular complexity index is 1180. The second-order valence-corrected chi connectivity index (χ2v) is 14.0. The van der Waals surface area contributed by atoms with Gasteiger partial charge in [0.2, 0.25) is 5.88 Å². The number of rotatable bonds is 5. The maximum atomic E-state index is 13.4. The Morgan fingerprint density at radius 3 is 2.63 bits per heavy atom. The van der Waals surface area contributed by atoms with Crippen molar-refractivity contribution in [1.29, 1.82) is 0 Å². The highest BCUT2D eigenvalue weighted by Gasteiger charge is 2.60. The molecule has 0 radical (unpaired) electrons. The fourth-order valence-electron chi connectivity index (χ4n) is 8.69. The van der Waals surface area contributed by atoms with E-state index in [2.05, 4.69) is 42.9 Å². The van der Waals surface area contributed by atoms with Crippen LogP contribution in [0.1, 0.15) is 120 Å². The molecule has 206 valence electrons. The number of carbonyl (C=O) groups is 1. The van der Waals surface area contributed by atoms with Crippen molar-refractivity contribution in [3.05, 3.63) is 46.1 Å². The van der Waals surface area contributed by atoms with E-state index in [9.17, 15) is 4.79 Å². The zero-order valence-electron chi connectivity index (χ0n) is 23.4. The van der Waals surface area contributed by atoms with Crippen LogP contribution in [0.5, 0.6) is 5.88 Å². The van der Waals surface area contributed by atoms with Gasteiger partial charge in [0, 0.05) is 28.2 Å². The second kappa shape index (κ2) is 10.2. The highest BCUT2D eigenvalue weighted by Crippen LogP contribution is 2.62. The SMILES string of the molecule is CC12CCC(C1)C(C)(C)[C@H]2NC(=O)Oc1nn(C2CCCCC2)c2c1CCCCC2Cc1cccc(Cl)c1. The molecule has 0 spiro atoms. The van der Waals surface area contributed by atoms with E-state index in [1.807, 2.05) is 12.1 Å². The molecule has 4 atom stereocenters. The van der Waals surface area contributed by atoms with Gasteiger partial charge in [0.05, 0.1) is 6.04 Å². The number of carbonyl (C=O) groups excluding carboxylic acids is 1. The minimum absolute atomic E-state index is 0.0897. The van der Waals surface area contributed by atoms with Crippen molar-refractivity contribution in [3.8, 4) is 5.88 Å². The lowest BCUT2D eigenvalue weighted by atomic mass is 9.68. The molecule has 3 unspecified atom stereocenters. The summed E-state index contributed by atoms with van der Waals surface area (Å²) in [6.07, 6.45) is 14.7. The van der Waals surface area contributed by atoms with Crippen molar-refractivity contribution < 1.29 is 9.53 Å². The highest BCUT2D eigenvalue weighted by molar-refractivity contribution is 6.30. The molecule has 5 nitrogen and oxygen atoms in total. The number of ether oxygens (including phenoxy) is 1. The lowest BCUT2D eigenvalue weighted by Gasteiger charge is -2.42. The molecule has 0 saturated heterocycles. The molecule has 2 bridgehead atoms. The van der Waals surface area contributed by atoms with Crippen LogP contribution in [-0.2, 0) is 12.8 Å². The van der Waals surface area contributed by atoms with Crippen LogP contribution in [0.2, 0.25) is 5.02 Å². The van der Waals surface area contributed by atoms with Crippen molar-refractivity contribution in [3.63, 3.8) is 0 Å². The second-order valence-electron chi connectivity index (χ2n) is 13.6. The van der Waals surface area contributed by atoms with Gasteiger partial charge in [0.15, 0.2) is 0 Å². The van der Waals surface area contributed by atoms with Crippen LogP contribution in [-0.4, -0.2) is 21.9 Å². The summed E-state index contributed by atoms with van der Waals surface area (Å²) < 4.78 is 8.45. The number of nitrogens with one attached hydrogen (secondary N) is 1. The van der Waals surface area contributed by atoms with E-state index in [1.165, 1.54) is 56.2 Å². The number of amides is 1. The first-order valence-electron chi connectivity index (χ1n) is 15.1. The van der Waals surface area contributed by atoms with E-state index in [4.69, 9.17) is 21.4 Å². The Balaban J connectivity index is 1.30. The molecular formula is C32H44ClN3O2. The van der Waals surface area contributed by atoms with Crippen LogP contribution >= 0.6 is 11.6 Å². The van der Waals surface area contributed by atoms with Gasteiger partial charge in [-0.1, -0.05) is 70.2 Å². The summed E-state index contributed by atoms with van der Waals surface area (Å²) in [6.45, 7) is 6.98. The molecule has 38 heavy (non-hydrogen) atoms. The summed E-state index contributed by atoms with van der Waals surface area (Å²) in [6, 6.07) is 8.79. The summed E-state index contributed by atoms with van der Waals surface area (Å²) in [5.41, 5.74) is 3.98. The first-order chi connectivity index (χ1) is 18.2. The normalized spacial score (nSPS) is 30.6. The topological polar surface area (TPSA) is 56.1 Å². The Hall–Kier alpha value is -2.01. The molecule has 4 aliphatic carbocycles. The maximum absolute atomic E-state index is 13.4. The molecule has 6 rings (SSSR count). The van der Waals surface area contributed by atoms with Crippen LogP contribution in [0.3, 0.4) is 0 Å². The van der Waals surface area contributed by atoms with Gasteiger partial charge < -0.3 is 10.1 Å². The van der Waals surface area contributed by atoms with Crippen molar-refractivity contribution >= 4 is 17.7 Å². The zero-order chi connectivity index (χ0) is 26.5. The quantitative estimate of drug-likeness (QED) is 0.389. The average molecular weight is 538 g/mol. The maximum Gasteiger partial charge on any atom is 0.414 e. The Morgan fingerprint density at radius 1 is 1.11 bits per heavy atom. The van der Waals surface area contributed by atoms with Crippen molar-refractivity contribution in [2.24, 2.45) is 16.7 Å². The van der Waals surface area contributed by atoms with E-state index in [0.717, 1.165) is 49.1 Å². The van der Waals surface area contributed by atoms with Gasteiger partial charge in [-0.25, -0.2) is 4.79 Å². The summed E-state index contributed by atoms with van der Waals surface area (Å²) >= 11 is 6.35. The van der Waals surface area contributed by atoms with E-state index >= 15 is 0 Å². The van der Waals surface area contributed by atoms with E-state index in [0.29, 0.717) is 23.8 Å². The lowest BCUT2D eigenvalue weighted by Crippen LogP contribution is -2.53. The molecule has 1 aromatic carbocycles. The van der Waals surface area contributed by atoms with Gasteiger partial charge in [-0.15, -0.1) is 5.10 Å². The standard InChI is InChI=1S/C32H44ClN3O2/c1-31(2)23-16-17-32(3,20-23)29(31)34-30(37)38-28-26-15-8-7-11-22(18-21-10-9-12-24(33)19-21)27(26)36(35-28)25-13-5-4-6-14-25/h9-10,12,19,22-23,25,29H,4-8,11,13-18,20H2,1-3H3,(H,34,37)/t22?,23?,29-,32?/m1/s1. The summed E-state index contributed by atoms with van der Waals surface area (Å²) in [5.74, 6) is 1.57. The first-order valence-corrected chi connectivity index (χ1v) is 15.5. The summed E-state index contributed by atoms with van der Waals surface area (Å²) in [5, 5.41) is 9.21. The molecule has 4 aliphatic rings. The minimum Gasteiger partial charge on any atom is -0.389 e. The van der Waals surface area contributed by atoms with Crippen LogP contribution in [0, 0.1) is 16.7 Å². The Morgan fingerprint density at radius 2 is 1.89 bits per heavy atom. The van der Waals surface area contributed by atoms with Gasteiger partial charge in [0.25, 0.3) is 0 Å². The lowest BCUT2D eigenvalue weighted by molar-refractivity contribution is 0.103. The zero-order valence-corrected chi connectivity index (χ0v) is 24.2. The predicted octanol–water partition coefficient (Wildman–Crippen LogP) is 8.40. The Kier molecular flexibility index (Phi) is 7.03. The summed E-state index contributed by atoms with van der Waals surface area (Å²) in [4.78, 5) is 13.4. The van der Waals surface area contributed by atoms with Crippen molar-refractivity contribution in [1.82, 2.24) is 15.1 Å². The molecule has 2 aromatic rings. The van der Waals surface area contributed by atoms with E-state index < -0.39 is 0 Å². The van der Waals surface area contributed by atoms with Gasteiger partial charge in [-0.2, -0.15) is 0 Å². The van der Waals surface area contributed by atoms with Gasteiger partial charge in [0.1, 0.15) is 0 Å². The van der Waals surface area contributed by atoms with Gasteiger partial charge >= 0.3 is 6.09 Å². The van der Waals surface area contributed by atoms with Crippen LogP contribution < -0.4 is 10.1 Å². The molecule has 1 amide bonds. The van der Waals surface area contributed by atoms with Gasteiger partial charge in [-0.3, -0.25) is 4.68 Å². The Labute approximate surface area is 233 Å². The molecule has 1 aromatic heterocycles. The van der Waals surface area contributed by atoms with Gasteiger partial charge in [-0.05, 0) is 92.2 Å². The monoisotopic (exact) mass is 537 g/mol. The fourth-order valence-corrected chi connectivity index (χ4v) is 8.90. The third-order valence-corrected chi connectivity index (χ3v) is 10.9. The predicted molar refractivity (Wildman–Crippen MR) is 152 cm³/mol. The van der Waals surface area contributed by atoms with E-state index in [1.54, 1.807) is 0 Å². The molecule has 0 aliphatic heterocycles.